The highest BCUT2D eigenvalue weighted by Gasteiger charge is 2.72. The number of alkyl carbamates (subject to hydrolysis) is 1. The second kappa shape index (κ2) is 11.6. The summed E-state index contributed by atoms with van der Waals surface area (Å²) in [5, 5.41) is 23.8. The lowest BCUT2D eigenvalue weighted by Gasteiger charge is -2.70. The molecule has 0 aromatic heterocycles. The standard InChI is InChI=1S/C37H56N2O8/c1-32-11-12-33(2,29(41)42)22-24(32)23-21-25(40)28-34(3)9-8-27(47-31(45)38-15-16-39-17-19-46-20-18-39)37(6,30(43)44)26(34)7-10-36(28,5)35(23,4)14-13-32/h21,24,26-28H,7-20,22H2,1-6H3,(H,38,45)(H,41,42)(H,43,44). The molecule has 0 bridgehead atoms. The van der Waals surface area contributed by atoms with Gasteiger partial charge in [0, 0.05) is 32.1 Å². The van der Waals surface area contributed by atoms with Gasteiger partial charge in [-0.05, 0) is 111 Å². The second-order valence-corrected chi connectivity index (χ2v) is 17.5. The highest BCUT2D eigenvalue weighted by atomic mass is 16.6. The van der Waals surface area contributed by atoms with Crippen molar-refractivity contribution < 1.29 is 38.9 Å². The molecule has 1 heterocycles. The van der Waals surface area contributed by atoms with Gasteiger partial charge in [0.1, 0.15) is 11.5 Å². The molecule has 47 heavy (non-hydrogen) atoms. The lowest BCUT2D eigenvalue weighted by molar-refractivity contribution is -0.214. The molecular weight excluding hydrogens is 600 g/mol. The molecule has 5 aliphatic carbocycles. The van der Waals surface area contributed by atoms with Crippen molar-refractivity contribution in [3.63, 3.8) is 0 Å². The molecule has 10 unspecified atom stereocenters. The Kier molecular flexibility index (Phi) is 8.47. The minimum Gasteiger partial charge on any atom is -0.481 e. The molecule has 6 rings (SSSR count). The van der Waals surface area contributed by atoms with Crippen LogP contribution >= 0.6 is 0 Å². The minimum atomic E-state index is -1.35. The van der Waals surface area contributed by atoms with E-state index in [0.29, 0.717) is 64.8 Å². The molecule has 1 aliphatic heterocycles. The number of allylic oxidation sites excluding steroid dienone is 2. The summed E-state index contributed by atoms with van der Waals surface area (Å²) < 4.78 is 11.3. The summed E-state index contributed by atoms with van der Waals surface area (Å²) in [6.45, 7) is 16.6. The summed E-state index contributed by atoms with van der Waals surface area (Å²) >= 11 is 0. The Balaban J connectivity index is 1.27. The van der Waals surface area contributed by atoms with Crippen molar-refractivity contribution >= 4 is 23.8 Å². The first-order valence-corrected chi connectivity index (χ1v) is 17.9. The molecule has 0 spiro atoms. The third-order valence-corrected chi connectivity index (χ3v) is 15.2. The van der Waals surface area contributed by atoms with Crippen LogP contribution < -0.4 is 5.32 Å². The number of rotatable bonds is 6. The molecule has 0 aromatic carbocycles. The quantitative estimate of drug-likeness (QED) is 0.336. The van der Waals surface area contributed by atoms with E-state index in [1.54, 1.807) is 6.92 Å². The summed E-state index contributed by atoms with van der Waals surface area (Å²) in [6, 6.07) is 0. The van der Waals surface area contributed by atoms with E-state index in [9.17, 15) is 29.4 Å². The van der Waals surface area contributed by atoms with Crippen LogP contribution in [0.5, 0.6) is 0 Å². The SMILES string of the molecule is CC1(C(=O)O)CCC2(C)CCC3(C)C(=CC(=O)C4C5(C)CCC(OC(=O)NCCN6CCOCC6)C(C)(C(=O)O)C5CCC43C)C2C1. The van der Waals surface area contributed by atoms with E-state index < -0.39 is 45.8 Å². The molecule has 262 valence electrons. The van der Waals surface area contributed by atoms with Crippen molar-refractivity contribution in [3.8, 4) is 0 Å². The summed E-state index contributed by atoms with van der Waals surface area (Å²) in [5.41, 5.74) is -2.36. The third kappa shape index (κ3) is 5.09. The second-order valence-electron chi connectivity index (χ2n) is 17.5. The van der Waals surface area contributed by atoms with Gasteiger partial charge in [0.2, 0.25) is 0 Å². The van der Waals surface area contributed by atoms with E-state index in [0.717, 1.165) is 37.9 Å². The van der Waals surface area contributed by atoms with Crippen LogP contribution in [0.15, 0.2) is 11.6 Å². The maximum atomic E-state index is 14.6. The van der Waals surface area contributed by atoms with Gasteiger partial charge < -0.3 is 25.0 Å². The van der Waals surface area contributed by atoms with Crippen molar-refractivity contribution in [2.75, 3.05) is 39.4 Å². The van der Waals surface area contributed by atoms with Crippen molar-refractivity contribution in [1.82, 2.24) is 10.2 Å². The Hall–Kier alpha value is -2.46. The molecule has 3 N–H and O–H groups in total. The van der Waals surface area contributed by atoms with Gasteiger partial charge in [-0.1, -0.05) is 33.3 Å². The topological polar surface area (TPSA) is 142 Å². The number of carboxylic acid groups (broad SMARTS) is 2. The fourth-order valence-electron chi connectivity index (χ4n) is 11.8. The molecule has 0 radical (unpaired) electrons. The minimum absolute atomic E-state index is 0.0264. The van der Waals surface area contributed by atoms with Gasteiger partial charge in [0.25, 0.3) is 0 Å². The van der Waals surface area contributed by atoms with Crippen LogP contribution in [0.25, 0.3) is 0 Å². The summed E-state index contributed by atoms with van der Waals surface area (Å²) in [7, 11) is 0. The molecule has 10 nitrogen and oxygen atoms in total. The Morgan fingerprint density at radius 2 is 1.62 bits per heavy atom. The lowest BCUT2D eigenvalue weighted by Crippen LogP contribution is -2.68. The normalized spacial score (nSPS) is 46.5. The van der Waals surface area contributed by atoms with E-state index in [1.807, 2.05) is 13.0 Å². The zero-order valence-electron chi connectivity index (χ0n) is 29.3. The number of nitrogens with one attached hydrogen (secondary N) is 1. The fraction of sp³-hybridized carbons (Fsp3) is 0.838. The molecule has 1 amide bonds. The molecule has 6 aliphatic rings. The maximum absolute atomic E-state index is 14.6. The van der Waals surface area contributed by atoms with Gasteiger partial charge >= 0.3 is 18.0 Å². The van der Waals surface area contributed by atoms with E-state index in [2.05, 4.69) is 37.9 Å². The smallest absolute Gasteiger partial charge is 0.407 e. The Morgan fingerprint density at radius 3 is 2.28 bits per heavy atom. The van der Waals surface area contributed by atoms with Crippen molar-refractivity contribution in [2.45, 2.75) is 105 Å². The summed E-state index contributed by atoms with van der Waals surface area (Å²) in [4.78, 5) is 55.4. The van der Waals surface area contributed by atoms with Crippen molar-refractivity contribution in [3.05, 3.63) is 11.6 Å². The van der Waals surface area contributed by atoms with E-state index in [-0.39, 0.29) is 34.4 Å². The van der Waals surface area contributed by atoms with Crippen LogP contribution in [0.4, 0.5) is 4.79 Å². The van der Waals surface area contributed by atoms with Gasteiger partial charge in [-0.2, -0.15) is 0 Å². The Labute approximate surface area is 279 Å². The number of hydrogen-bond donors (Lipinski definition) is 3. The summed E-state index contributed by atoms with van der Waals surface area (Å²) in [6.07, 6.45) is 6.71. The maximum Gasteiger partial charge on any atom is 0.407 e. The number of aliphatic carboxylic acids is 2. The first-order chi connectivity index (χ1) is 21.9. The van der Waals surface area contributed by atoms with Crippen LogP contribution in [0.2, 0.25) is 0 Å². The zero-order chi connectivity index (χ0) is 34.2. The average Bonchev–Trinajstić information content (AvgIpc) is 3.01. The monoisotopic (exact) mass is 656 g/mol. The number of ketones is 1. The number of morpholine rings is 1. The molecular formula is C37H56N2O8. The van der Waals surface area contributed by atoms with E-state index >= 15 is 0 Å². The molecule has 10 heteroatoms. The Morgan fingerprint density at radius 1 is 0.936 bits per heavy atom. The van der Waals surface area contributed by atoms with Gasteiger partial charge in [0.05, 0.1) is 18.6 Å². The third-order valence-electron chi connectivity index (χ3n) is 15.2. The van der Waals surface area contributed by atoms with Crippen LogP contribution in [0.1, 0.15) is 99.3 Å². The van der Waals surface area contributed by atoms with Crippen LogP contribution in [-0.2, 0) is 23.9 Å². The average molecular weight is 657 g/mol. The number of nitrogens with zero attached hydrogens (tertiary/aromatic N) is 1. The van der Waals surface area contributed by atoms with Crippen molar-refractivity contribution in [1.29, 1.82) is 0 Å². The largest absolute Gasteiger partial charge is 0.481 e. The van der Waals surface area contributed by atoms with Gasteiger partial charge in [-0.3, -0.25) is 19.3 Å². The van der Waals surface area contributed by atoms with Crippen LogP contribution in [0, 0.1) is 50.2 Å². The number of ether oxygens (including phenoxy) is 2. The zero-order valence-corrected chi connectivity index (χ0v) is 29.3. The van der Waals surface area contributed by atoms with E-state index in [1.165, 1.54) is 0 Å². The number of carbonyl (C=O) groups excluding carboxylic acids is 2. The highest BCUT2D eigenvalue weighted by molar-refractivity contribution is 5.96. The van der Waals surface area contributed by atoms with Gasteiger partial charge in [-0.15, -0.1) is 0 Å². The molecule has 10 atom stereocenters. The number of carboxylic acids is 2. The van der Waals surface area contributed by atoms with Crippen molar-refractivity contribution in [2.24, 2.45) is 50.2 Å². The number of amides is 1. The molecule has 5 fully saturated rings. The first kappa shape index (κ1) is 34.4. The highest BCUT2D eigenvalue weighted by Crippen LogP contribution is 2.75. The molecule has 0 aromatic rings. The number of fused-ring (bicyclic) bond motifs is 7. The van der Waals surface area contributed by atoms with Gasteiger partial charge in [0.15, 0.2) is 5.78 Å². The fourth-order valence-corrected chi connectivity index (χ4v) is 11.8. The van der Waals surface area contributed by atoms with Gasteiger partial charge in [-0.25, -0.2) is 4.79 Å². The summed E-state index contributed by atoms with van der Waals surface area (Å²) in [5.74, 6) is -2.39. The Bertz CT molecular complexity index is 1360. The first-order valence-electron chi connectivity index (χ1n) is 17.9. The molecule has 1 saturated heterocycles. The van der Waals surface area contributed by atoms with E-state index in [4.69, 9.17) is 9.47 Å². The number of hydrogen-bond acceptors (Lipinski definition) is 7. The van der Waals surface area contributed by atoms with Crippen LogP contribution in [-0.4, -0.2) is 84.4 Å². The predicted molar refractivity (Wildman–Crippen MR) is 175 cm³/mol. The lowest BCUT2D eigenvalue weighted by atomic mass is 9.33. The van der Waals surface area contributed by atoms with Crippen LogP contribution in [0.3, 0.4) is 0 Å². The molecule has 4 saturated carbocycles. The predicted octanol–water partition coefficient (Wildman–Crippen LogP) is 5.54. The number of carbonyl (C=O) groups is 4.